The molecule has 0 heterocycles. The van der Waals surface area contributed by atoms with E-state index in [1.807, 2.05) is 0 Å². The summed E-state index contributed by atoms with van der Waals surface area (Å²) >= 11 is 0. The van der Waals surface area contributed by atoms with Crippen molar-refractivity contribution in [3.05, 3.63) is 0 Å². The maximum absolute atomic E-state index is 2.35. The van der Waals surface area contributed by atoms with Crippen LogP contribution in [0.15, 0.2) is 0 Å². The minimum Gasteiger partial charge on any atom is -0.0625 e. The molecule has 0 radical (unpaired) electrons. The van der Waals surface area contributed by atoms with E-state index in [1.54, 1.807) is 0 Å². The van der Waals surface area contributed by atoms with Gasteiger partial charge in [0.1, 0.15) is 0 Å². The molecule has 3 aliphatic rings. The second kappa shape index (κ2) is 6.41. The molecule has 0 aromatic rings. The molecule has 0 spiro atoms. The Labute approximate surface area is 129 Å². The number of hydrogen-bond donors (Lipinski definition) is 0. The second-order valence-corrected chi connectivity index (χ2v) is 10.1. The topological polar surface area (TPSA) is 0 Å². The molecule has 0 heteroatoms. The Morgan fingerprint density at radius 1 is 0.700 bits per heavy atom. The summed E-state index contributed by atoms with van der Waals surface area (Å²) in [5.74, 6) is 1.99. The lowest BCUT2D eigenvalue weighted by atomic mass is 9.64. The summed E-state index contributed by atoms with van der Waals surface area (Å²) < 4.78 is 0. The van der Waals surface area contributed by atoms with Crippen molar-refractivity contribution in [2.45, 2.75) is 100 Å². The Hall–Kier alpha value is 0. The highest BCUT2D eigenvalue weighted by molar-refractivity contribution is 4.85. The van der Waals surface area contributed by atoms with Crippen LogP contribution in [-0.2, 0) is 0 Å². The molecule has 0 amide bonds. The van der Waals surface area contributed by atoms with Crippen LogP contribution < -0.4 is 0 Å². The predicted molar refractivity (Wildman–Crippen MR) is 92.0 cm³/mol. The van der Waals surface area contributed by atoms with E-state index >= 15 is 0 Å². The molecule has 20 heavy (non-hydrogen) atoms. The van der Waals surface area contributed by atoms with Gasteiger partial charge in [0, 0.05) is 0 Å². The first-order chi connectivity index (χ1) is 8.94. The van der Waals surface area contributed by atoms with Crippen molar-refractivity contribution in [1.29, 1.82) is 0 Å². The molecular weight excluding hydrogens is 240 g/mol. The summed E-state index contributed by atoms with van der Waals surface area (Å²) in [6, 6.07) is 0. The van der Waals surface area contributed by atoms with E-state index in [2.05, 4.69) is 55.4 Å². The Kier molecular flexibility index (Phi) is 5.78. The lowest BCUT2D eigenvalue weighted by Gasteiger charge is -2.42. The van der Waals surface area contributed by atoms with Gasteiger partial charge in [0.05, 0.1) is 0 Å². The van der Waals surface area contributed by atoms with Crippen LogP contribution in [0.4, 0.5) is 0 Å². The summed E-state index contributed by atoms with van der Waals surface area (Å²) in [5.41, 5.74) is 2.10. The fourth-order valence-electron chi connectivity index (χ4n) is 3.72. The van der Waals surface area contributed by atoms with Crippen molar-refractivity contribution in [1.82, 2.24) is 0 Å². The first-order valence-electron chi connectivity index (χ1n) is 8.94. The van der Waals surface area contributed by atoms with Crippen LogP contribution in [0, 0.1) is 28.1 Å². The van der Waals surface area contributed by atoms with E-state index in [0.29, 0.717) is 10.8 Å². The Bertz CT molecular complexity index is 281. The molecule has 0 bridgehead atoms. The first-order valence-corrected chi connectivity index (χ1v) is 8.94. The highest BCUT2D eigenvalue weighted by Crippen LogP contribution is 2.45. The van der Waals surface area contributed by atoms with Crippen LogP contribution in [0.25, 0.3) is 0 Å². The Morgan fingerprint density at radius 2 is 1.10 bits per heavy atom. The molecule has 0 saturated heterocycles. The zero-order chi connectivity index (χ0) is 15.6. The van der Waals surface area contributed by atoms with Gasteiger partial charge < -0.3 is 0 Å². The van der Waals surface area contributed by atoms with Gasteiger partial charge in [0.25, 0.3) is 0 Å². The van der Waals surface area contributed by atoms with Crippen LogP contribution in [0.3, 0.4) is 0 Å². The molecule has 1 unspecified atom stereocenters. The predicted octanol–water partition coefficient (Wildman–Crippen LogP) is 7.08. The van der Waals surface area contributed by atoms with Gasteiger partial charge in [-0.15, -0.1) is 0 Å². The van der Waals surface area contributed by atoms with Gasteiger partial charge in [0.15, 0.2) is 0 Å². The van der Waals surface area contributed by atoms with Crippen molar-refractivity contribution >= 4 is 0 Å². The smallest absolute Gasteiger partial charge is 0.0328 e. The lowest BCUT2D eigenvalue weighted by Crippen LogP contribution is -2.31. The van der Waals surface area contributed by atoms with Gasteiger partial charge in [-0.2, -0.15) is 0 Å². The molecule has 0 nitrogen and oxygen atoms in total. The van der Waals surface area contributed by atoms with Crippen molar-refractivity contribution < 1.29 is 0 Å². The zero-order valence-corrected chi connectivity index (χ0v) is 15.6. The lowest BCUT2D eigenvalue weighted by molar-refractivity contribution is 0.0892. The minimum absolute atomic E-state index is 0.681. The van der Waals surface area contributed by atoms with Crippen LogP contribution >= 0.6 is 0 Å². The molecule has 3 aliphatic carbocycles. The van der Waals surface area contributed by atoms with E-state index < -0.39 is 0 Å². The average Bonchev–Trinajstić information content (AvgIpc) is 2.24. The maximum Gasteiger partial charge on any atom is -0.0328 e. The van der Waals surface area contributed by atoms with Gasteiger partial charge >= 0.3 is 0 Å². The molecule has 0 N–H and O–H groups in total. The highest BCUT2D eigenvalue weighted by atomic mass is 14.4. The van der Waals surface area contributed by atoms with Crippen LogP contribution in [0.1, 0.15) is 100 Å². The summed E-state index contributed by atoms with van der Waals surface area (Å²) in [5, 5.41) is 0. The van der Waals surface area contributed by atoms with E-state index in [0.717, 1.165) is 17.3 Å². The Balaban J connectivity index is 0.000000151. The molecular formula is C20H40. The van der Waals surface area contributed by atoms with E-state index in [9.17, 15) is 0 Å². The van der Waals surface area contributed by atoms with Gasteiger partial charge in [-0.05, 0) is 66.6 Å². The molecule has 3 saturated carbocycles. The number of rotatable bonds is 0. The fraction of sp³-hybridized carbons (Fsp3) is 1.00. The van der Waals surface area contributed by atoms with Gasteiger partial charge in [-0.3, -0.25) is 0 Å². The molecule has 0 aromatic heterocycles. The fourth-order valence-corrected chi connectivity index (χ4v) is 3.72. The van der Waals surface area contributed by atoms with Crippen molar-refractivity contribution in [3.8, 4) is 0 Å². The SMILES string of the molecule is CC1(C)CCC1.CC1CC(C)(C)C1.CC1CCC1(C)C. The summed E-state index contributed by atoms with van der Waals surface area (Å²) in [4.78, 5) is 0. The normalized spacial score (nSPS) is 32.1. The highest BCUT2D eigenvalue weighted by Gasteiger charge is 2.34. The van der Waals surface area contributed by atoms with Crippen LogP contribution in [0.2, 0.25) is 0 Å². The molecule has 3 fully saturated rings. The summed E-state index contributed by atoms with van der Waals surface area (Å²) in [6.45, 7) is 18.7. The van der Waals surface area contributed by atoms with Crippen LogP contribution in [-0.4, -0.2) is 0 Å². The molecule has 3 rings (SSSR count). The van der Waals surface area contributed by atoms with Crippen molar-refractivity contribution in [2.24, 2.45) is 28.1 Å². The second-order valence-electron chi connectivity index (χ2n) is 10.1. The minimum atomic E-state index is 0.681. The quantitative estimate of drug-likeness (QED) is 0.444. The number of hydrogen-bond acceptors (Lipinski definition) is 0. The summed E-state index contributed by atoms with van der Waals surface area (Å²) in [7, 11) is 0. The molecule has 1 atom stereocenters. The zero-order valence-electron chi connectivity index (χ0n) is 15.6. The third-order valence-electron chi connectivity index (χ3n) is 6.06. The molecule has 0 aliphatic heterocycles. The molecule has 120 valence electrons. The van der Waals surface area contributed by atoms with Gasteiger partial charge in [-0.25, -0.2) is 0 Å². The van der Waals surface area contributed by atoms with Crippen molar-refractivity contribution in [2.75, 3.05) is 0 Å². The van der Waals surface area contributed by atoms with E-state index in [-0.39, 0.29) is 0 Å². The average molecular weight is 281 g/mol. The van der Waals surface area contributed by atoms with Crippen molar-refractivity contribution in [3.63, 3.8) is 0 Å². The Morgan fingerprint density at radius 3 is 1.10 bits per heavy atom. The third kappa shape index (κ3) is 5.78. The monoisotopic (exact) mass is 280 g/mol. The largest absolute Gasteiger partial charge is 0.0625 e. The van der Waals surface area contributed by atoms with Gasteiger partial charge in [-0.1, -0.05) is 61.8 Å². The maximum atomic E-state index is 2.35. The summed E-state index contributed by atoms with van der Waals surface area (Å²) in [6.07, 6.45) is 10.1. The standard InChI is InChI=1S/2C7H14.C6H12/c1-6-4-7(2,3)5-6;1-6-4-5-7(6,2)3;1-6(2)4-3-5-6/h2*6H,4-5H2,1-3H3;3-5H2,1-2H3. The van der Waals surface area contributed by atoms with Crippen LogP contribution in [0.5, 0.6) is 0 Å². The van der Waals surface area contributed by atoms with Gasteiger partial charge in [0.2, 0.25) is 0 Å². The molecule has 0 aromatic carbocycles. The third-order valence-corrected chi connectivity index (χ3v) is 6.06. The van der Waals surface area contributed by atoms with E-state index in [1.165, 1.54) is 44.9 Å². The first kappa shape index (κ1) is 18.1. The van der Waals surface area contributed by atoms with E-state index in [4.69, 9.17) is 0 Å².